The van der Waals surface area contributed by atoms with Gasteiger partial charge in [0.15, 0.2) is 5.82 Å². The van der Waals surface area contributed by atoms with Gasteiger partial charge in [-0.25, -0.2) is 4.79 Å². The number of amides is 2. The number of carbonyl (C=O) groups excluding carboxylic acids is 3. The van der Waals surface area contributed by atoms with Crippen molar-refractivity contribution in [2.24, 2.45) is 0 Å². The highest BCUT2D eigenvalue weighted by atomic mass is 35.5. The third-order valence-electron chi connectivity index (χ3n) is 3.50. The van der Waals surface area contributed by atoms with Crippen LogP contribution in [-0.2, 0) is 14.3 Å². The van der Waals surface area contributed by atoms with Gasteiger partial charge in [-0.05, 0) is 25.1 Å². The van der Waals surface area contributed by atoms with Crippen molar-refractivity contribution in [2.75, 3.05) is 23.9 Å². The molecule has 0 spiro atoms. The number of hydrogen-bond acceptors (Lipinski definition) is 6. The second-order valence-electron chi connectivity index (χ2n) is 5.45. The molecule has 26 heavy (non-hydrogen) atoms. The van der Waals surface area contributed by atoms with Crippen LogP contribution in [0, 0.1) is 6.92 Å². The van der Waals surface area contributed by atoms with Gasteiger partial charge < -0.3 is 19.5 Å². The summed E-state index contributed by atoms with van der Waals surface area (Å²) in [5.74, 6) is -0.348. The summed E-state index contributed by atoms with van der Waals surface area (Å²) in [6.45, 7) is 3.12. The van der Waals surface area contributed by atoms with Crippen LogP contribution in [0.2, 0.25) is 5.02 Å². The average molecular weight is 380 g/mol. The molecule has 0 fully saturated rings. The van der Waals surface area contributed by atoms with Crippen molar-refractivity contribution in [3.8, 4) is 0 Å². The number of nitrogens with one attached hydrogen (secondary N) is 1. The highest BCUT2D eigenvalue weighted by Gasteiger charge is 2.19. The quantitative estimate of drug-likeness (QED) is 0.774. The summed E-state index contributed by atoms with van der Waals surface area (Å²) in [6, 6.07) is 6.03. The van der Waals surface area contributed by atoms with Crippen molar-refractivity contribution in [1.82, 2.24) is 5.16 Å². The van der Waals surface area contributed by atoms with Crippen LogP contribution in [0.4, 0.5) is 11.5 Å². The molecule has 0 atom stereocenters. The van der Waals surface area contributed by atoms with Crippen LogP contribution >= 0.6 is 11.6 Å². The number of hydrogen-bond donors (Lipinski definition) is 1. The van der Waals surface area contributed by atoms with E-state index in [1.54, 1.807) is 13.0 Å². The van der Waals surface area contributed by atoms with Gasteiger partial charge >= 0.3 is 5.97 Å². The van der Waals surface area contributed by atoms with Crippen LogP contribution in [0.1, 0.15) is 29.5 Å². The number of nitrogens with zero attached hydrogens (tertiary/aromatic N) is 2. The Balaban J connectivity index is 2.12. The molecule has 1 aromatic heterocycles. The Bertz CT molecular complexity index is 834. The highest BCUT2D eigenvalue weighted by Crippen LogP contribution is 2.28. The topological polar surface area (TPSA) is 102 Å². The molecule has 0 bridgehead atoms. The van der Waals surface area contributed by atoms with Crippen molar-refractivity contribution >= 4 is 40.9 Å². The first kappa shape index (κ1) is 19.5. The van der Waals surface area contributed by atoms with Crippen molar-refractivity contribution in [3.63, 3.8) is 0 Å². The summed E-state index contributed by atoms with van der Waals surface area (Å²) >= 11 is 6.16. The Hall–Kier alpha value is -2.87. The third-order valence-corrected chi connectivity index (χ3v) is 3.82. The minimum absolute atomic E-state index is 0.00423. The molecule has 0 saturated heterocycles. The monoisotopic (exact) mass is 379 g/mol. The van der Waals surface area contributed by atoms with E-state index < -0.39 is 5.97 Å². The Morgan fingerprint density at radius 1 is 1.31 bits per heavy atom. The first-order valence-corrected chi connectivity index (χ1v) is 8.08. The second-order valence-corrected chi connectivity index (χ2v) is 5.86. The molecule has 2 rings (SSSR count). The van der Waals surface area contributed by atoms with Gasteiger partial charge in [0.1, 0.15) is 5.76 Å². The second kappa shape index (κ2) is 8.48. The largest absolute Gasteiger partial charge is 0.465 e. The normalized spacial score (nSPS) is 10.3. The summed E-state index contributed by atoms with van der Waals surface area (Å²) in [6.07, 6.45) is 0.00423. The lowest BCUT2D eigenvalue weighted by molar-refractivity contribution is -0.117. The molecule has 1 N–H and O–H groups in total. The first-order chi connectivity index (χ1) is 12.3. The number of ether oxygens (including phenoxy) is 1. The summed E-state index contributed by atoms with van der Waals surface area (Å²) in [7, 11) is 1.26. The fraction of sp³-hybridized carbons (Fsp3) is 0.294. The Morgan fingerprint density at radius 2 is 2.04 bits per heavy atom. The summed E-state index contributed by atoms with van der Waals surface area (Å²) in [5.41, 5.74) is 0.577. The number of anilines is 2. The molecule has 0 aliphatic rings. The lowest BCUT2D eigenvalue weighted by atomic mass is 10.1. The highest BCUT2D eigenvalue weighted by molar-refractivity contribution is 6.34. The van der Waals surface area contributed by atoms with Crippen molar-refractivity contribution in [1.29, 1.82) is 0 Å². The number of rotatable bonds is 6. The van der Waals surface area contributed by atoms with Crippen LogP contribution < -0.4 is 10.2 Å². The maximum Gasteiger partial charge on any atom is 0.337 e. The summed E-state index contributed by atoms with van der Waals surface area (Å²) in [5, 5.41) is 6.52. The minimum atomic E-state index is -0.550. The van der Waals surface area contributed by atoms with E-state index >= 15 is 0 Å². The Kier molecular flexibility index (Phi) is 6.35. The molecular formula is C17H18ClN3O5. The van der Waals surface area contributed by atoms with E-state index in [4.69, 9.17) is 16.1 Å². The van der Waals surface area contributed by atoms with Gasteiger partial charge in [-0.3, -0.25) is 9.59 Å². The molecule has 8 nitrogen and oxygen atoms in total. The molecule has 2 aromatic rings. The standard InChI is InChI=1S/C17H18ClN3O5/c1-10-8-15(20-26-10)19-16(23)6-7-21(11(2)22)14-9-12(17(24)25-3)4-5-13(14)18/h4-5,8-9H,6-7H2,1-3H3,(H,19,20,23). The van der Waals surface area contributed by atoms with Gasteiger partial charge in [-0.2, -0.15) is 0 Å². The van der Waals surface area contributed by atoms with Crippen molar-refractivity contribution < 1.29 is 23.6 Å². The number of esters is 1. The minimum Gasteiger partial charge on any atom is -0.465 e. The summed E-state index contributed by atoms with van der Waals surface area (Å²) in [4.78, 5) is 37.1. The number of benzene rings is 1. The lowest BCUT2D eigenvalue weighted by Gasteiger charge is -2.22. The van der Waals surface area contributed by atoms with E-state index in [-0.39, 0.29) is 35.4 Å². The van der Waals surface area contributed by atoms with Crippen LogP contribution in [0.15, 0.2) is 28.8 Å². The molecule has 0 aliphatic carbocycles. The van der Waals surface area contributed by atoms with Crippen molar-refractivity contribution in [2.45, 2.75) is 20.3 Å². The van der Waals surface area contributed by atoms with E-state index in [1.807, 2.05) is 0 Å². The molecule has 1 aromatic carbocycles. The Labute approximate surface area is 155 Å². The zero-order chi connectivity index (χ0) is 19.3. The number of halogens is 1. The van der Waals surface area contributed by atoms with Gasteiger partial charge in [0.2, 0.25) is 11.8 Å². The number of aromatic nitrogens is 1. The van der Waals surface area contributed by atoms with E-state index in [9.17, 15) is 14.4 Å². The smallest absolute Gasteiger partial charge is 0.337 e. The SMILES string of the molecule is COC(=O)c1ccc(Cl)c(N(CCC(=O)Nc2cc(C)on2)C(C)=O)c1. The maximum absolute atomic E-state index is 12.0. The van der Waals surface area contributed by atoms with Gasteiger partial charge in [0.05, 0.1) is 23.4 Å². The predicted octanol–water partition coefficient (Wildman–Crippen LogP) is 2.80. The van der Waals surface area contributed by atoms with Gasteiger partial charge in [0, 0.05) is 26.0 Å². The van der Waals surface area contributed by atoms with E-state index in [1.165, 1.54) is 37.1 Å². The fourth-order valence-corrected chi connectivity index (χ4v) is 2.48. The van der Waals surface area contributed by atoms with Gasteiger partial charge in [0.25, 0.3) is 0 Å². The lowest BCUT2D eigenvalue weighted by Crippen LogP contribution is -2.32. The Morgan fingerprint density at radius 3 is 2.62 bits per heavy atom. The summed E-state index contributed by atoms with van der Waals surface area (Å²) < 4.78 is 9.54. The number of aryl methyl sites for hydroxylation is 1. The average Bonchev–Trinajstić information content (AvgIpc) is 3.00. The molecule has 138 valence electrons. The third kappa shape index (κ3) is 4.82. The van der Waals surface area contributed by atoms with Crippen LogP contribution in [0.25, 0.3) is 0 Å². The zero-order valence-electron chi connectivity index (χ0n) is 14.5. The maximum atomic E-state index is 12.0. The number of carbonyl (C=O) groups is 3. The molecular weight excluding hydrogens is 362 g/mol. The molecule has 9 heteroatoms. The van der Waals surface area contributed by atoms with Crippen LogP contribution in [0.3, 0.4) is 0 Å². The first-order valence-electron chi connectivity index (χ1n) is 7.71. The van der Waals surface area contributed by atoms with Gasteiger partial charge in [-0.1, -0.05) is 16.8 Å². The van der Waals surface area contributed by atoms with Crippen LogP contribution in [0.5, 0.6) is 0 Å². The zero-order valence-corrected chi connectivity index (χ0v) is 15.3. The van der Waals surface area contributed by atoms with E-state index in [0.717, 1.165) is 0 Å². The molecule has 0 aliphatic heterocycles. The van der Waals surface area contributed by atoms with Crippen LogP contribution in [-0.4, -0.2) is 36.6 Å². The van der Waals surface area contributed by atoms with Crippen molar-refractivity contribution in [3.05, 3.63) is 40.6 Å². The van der Waals surface area contributed by atoms with Gasteiger partial charge in [-0.15, -0.1) is 0 Å². The number of methoxy groups -OCH3 is 1. The molecule has 1 heterocycles. The van der Waals surface area contributed by atoms with E-state index in [0.29, 0.717) is 17.3 Å². The fourth-order valence-electron chi connectivity index (χ4n) is 2.26. The molecule has 0 unspecified atom stereocenters. The molecule has 0 radical (unpaired) electrons. The molecule has 0 saturated carbocycles. The predicted molar refractivity (Wildman–Crippen MR) is 95.3 cm³/mol. The van der Waals surface area contributed by atoms with E-state index in [2.05, 4.69) is 15.2 Å². The molecule has 2 amide bonds.